The van der Waals surface area contributed by atoms with Crippen molar-refractivity contribution in [2.75, 3.05) is 33.7 Å². The number of piperidine rings is 1. The van der Waals surface area contributed by atoms with E-state index in [-0.39, 0.29) is 29.9 Å². The largest absolute Gasteiger partial charge is 0.359 e. The molecule has 2 N–H and O–H groups in total. The summed E-state index contributed by atoms with van der Waals surface area (Å²) in [7, 11) is 3.58. The van der Waals surface area contributed by atoms with Crippen LogP contribution >= 0.6 is 35.7 Å². The van der Waals surface area contributed by atoms with Crippen molar-refractivity contribution in [1.29, 1.82) is 0 Å². The number of nitrogens with one attached hydrogen (secondary N) is 2. The molecule has 27 heavy (non-hydrogen) atoms. The highest BCUT2D eigenvalue weighted by Crippen LogP contribution is 2.51. The first-order valence-electron chi connectivity index (χ1n) is 9.54. The van der Waals surface area contributed by atoms with Crippen molar-refractivity contribution in [3.8, 4) is 0 Å². The fraction of sp³-hybridized carbons (Fsp3) is 0.600. The minimum absolute atomic E-state index is 0. The molecule has 3 rings (SSSR count). The third-order valence-electron chi connectivity index (χ3n) is 5.33. The molecule has 0 unspecified atom stereocenters. The maximum atomic E-state index is 11.6. The van der Waals surface area contributed by atoms with Crippen molar-refractivity contribution in [2.24, 2.45) is 10.9 Å². The third kappa shape index (κ3) is 6.55. The minimum atomic E-state index is 0. The molecule has 150 valence electrons. The molecule has 1 aromatic carbocycles. The molecule has 1 saturated carbocycles. The number of aliphatic imine (C=N–C) groups is 1. The number of hydrogen-bond acceptors (Lipinski definition) is 3. The van der Waals surface area contributed by atoms with Gasteiger partial charge in [0.2, 0.25) is 5.91 Å². The molecule has 1 aromatic rings. The van der Waals surface area contributed by atoms with Crippen LogP contribution in [0.15, 0.2) is 40.2 Å². The van der Waals surface area contributed by atoms with E-state index < -0.39 is 0 Å². The monoisotopic (exact) mass is 502 g/mol. The van der Waals surface area contributed by atoms with Crippen LogP contribution in [0.5, 0.6) is 0 Å². The van der Waals surface area contributed by atoms with Crippen LogP contribution in [0.3, 0.4) is 0 Å². The lowest BCUT2D eigenvalue weighted by molar-refractivity contribution is -0.121. The molecule has 0 bridgehead atoms. The van der Waals surface area contributed by atoms with Crippen LogP contribution in [0.2, 0.25) is 0 Å². The molecule has 2 aliphatic rings. The SMILES string of the molecule is CN=C(NCC1(Sc2ccccc2)CC1)N1CCC(CC(=O)NC)CC1.I. The normalized spacial score (nSPS) is 19.2. The molecule has 0 spiro atoms. The van der Waals surface area contributed by atoms with Gasteiger partial charge in [-0.3, -0.25) is 9.79 Å². The summed E-state index contributed by atoms with van der Waals surface area (Å²) in [6, 6.07) is 10.7. The van der Waals surface area contributed by atoms with Crippen LogP contribution in [0.4, 0.5) is 0 Å². The molecule has 1 saturated heterocycles. The summed E-state index contributed by atoms with van der Waals surface area (Å²) in [5.41, 5.74) is 0. The van der Waals surface area contributed by atoms with Crippen LogP contribution in [-0.2, 0) is 4.79 Å². The zero-order valence-corrected chi connectivity index (χ0v) is 19.4. The lowest BCUT2D eigenvalue weighted by atomic mass is 9.93. The van der Waals surface area contributed by atoms with Crippen molar-refractivity contribution in [2.45, 2.75) is 41.7 Å². The molecule has 0 radical (unpaired) electrons. The van der Waals surface area contributed by atoms with Gasteiger partial charge in [0.05, 0.1) is 0 Å². The molecular weight excluding hydrogens is 471 g/mol. The number of rotatable bonds is 6. The van der Waals surface area contributed by atoms with Crippen molar-refractivity contribution < 1.29 is 4.79 Å². The van der Waals surface area contributed by atoms with Gasteiger partial charge in [0.15, 0.2) is 5.96 Å². The number of likely N-dealkylation sites (tertiary alicyclic amines) is 1. The summed E-state index contributed by atoms with van der Waals surface area (Å²) in [5, 5.41) is 6.33. The van der Waals surface area contributed by atoms with E-state index in [0.717, 1.165) is 38.4 Å². The summed E-state index contributed by atoms with van der Waals surface area (Å²) in [4.78, 5) is 19.7. The van der Waals surface area contributed by atoms with Gasteiger partial charge in [-0.2, -0.15) is 0 Å². The Morgan fingerprint density at radius 2 is 1.93 bits per heavy atom. The first-order valence-corrected chi connectivity index (χ1v) is 10.4. The Morgan fingerprint density at radius 3 is 2.48 bits per heavy atom. The van der Waals surface area contributed by atoms with Gasteiger partial charge in [-0.25, -0.2) is 0 Å². The van der Waals surface area contributed by atoms with Gasteiger partial charge in [-0.1, -0.05) is 18.2 Å². The molecule has 0 atom stereocenters. The van der Waals surface area contributed by atoms with E-state index in [0.29, 0.717) is 17.1 Å². The number of guanidine groups is 1. The number of benzene rings is 1. The highest BCUT2D eigenvalue weighted by atomic mass is 127. The lowest BCUT2D eigenvalue weighted by Crippen LogP contribution is -2.47. The first kappa shape index (κ1) is 22.3. The Kier molecular flexibility index (Phi) is 8.72. The second kappa shape index (κ2) is 10.5. The van der Waals surface area contributed by atoms with Crippen LogP contribution in [0.1, 0.15) is 32.1 Å². The number of carbonyl (C=O) groups is 1. The maximum absolute atomic E-state index is 11.6. The van der Waals surface area contributed by atoms with Crippen LogP contribution in [0.25, 0.3) is 0 Å². The number of hydrogen-bond donors (Lipinski definition) is 2. The molecule has 1 amide bonds. The number of halogens is 1. The first-order chi connectivity index (χ1) is 12.6. The average molecular weight is 502 g/mol. The van der Waals surface area contributed by atoms with E-state index in [2.05, 4.69) is 50.9 Å². The highest BCUT2D eigenvalue weighted by Gasteiger charge is 2.44. The molecule has 7 heteroatoms. The topological polar surface area (TPSA) is 56.7 Å². The van der Waals surface area contributed by atoms with E-state index >= 15 is 0 Å². The van der Waals surface area contributed by atoms with Crippen molar-refractivity contribution >= 4 is 47.6 Å². The fourth-order valence-electron chi connectivity index (χ4n) is 3.48. The van der Waals surface area contributed by atoms with Crippen molar-refractivity contribution in [1.82, 2.24) is 15.5 Å². The zero-order valence-electron chi connectivity index (χ0n) is 16.2. The average Bonchev–Trinajstić information content (AvgIpc) is 3.43. The number of carbonyl (C=O) groups excluding carboxylic acids is 1. The second-order valence-corrected chi connectivity index (χ2v) is 8.85. The lowest BCUT2D eigenvalue weighted by Gasteiger charge is -2.34. The summed E-state index contributed by atoms with van der Waals surface area (Å²) in [5.74, 6) is 1.65. The maximum Gasteiger partial charge on any atom is 0.220 e. The molecule has 0 aromatic heterocycles. The number of amides is 1. The van der Waals surface area contributed by atoms with E-state index in [1.807, 2.05) is 18.8 Å². The van der Waals surface area contributed by atoms with E-state index in [9.17, 15) is 4.79 Å². The van der Waals surface area contributed by atoms with Gasteiger partial charge in [0, 0.05) is 49.8 Å². The summed E-state index contributed by atoms with van der Waals surface area (Å²) in [6.45, 7) is 2.90. The van der Waals surface area contributed by atoms with E-state index in [4.69, 9.17) is 0 Å². The van der Waals surface area contributed by atoms with Gasteiger partial charge < -0.3 is 15.5 Å². The highest BCUT2D eigenvalue weighted by molar-refractivity contribution is 14.0. The molecule has 1 aliphatic carbocycles. The van der Waals surface area contributed by atoms with Crippen molar-refractivity contribution in [3.63, 3.8) is 0 Å². The Balaban J connectivity index is 0.00000261. The number of thioether (sulfide) groups is 1. The predicted molar refractivity (Wildman–Crippen MR) is 124 cm³/mol. The summed E-state index contributed by atoms with van der Waals surface area (Å²) >= 11 is 1.99. The predicted octanol–water partition coefficient (Wildman–Crippen LogP) is 3.35. The second-order valence-electron chi connectivity index (χ2n) is 7.31. The quantitative estimate of drug-likeness (QED) is 0.356. The Morgan fingerprint density at radius 1 is 1.26 bits per heavy atom. The van der Waals surface area contributed by atoms with Gasteiger partial charge in [0.25, 0.3) is 0 Å². The van der Waals surface area contributed by atoms with Crippen LogP contribution < -0.4 is 10.6 Å². The van der Waals surface area contributed by atoms with Gasteiger partial charge in [-0.05, 0) is 43.7 Å². The Bertz CT molecular complexity index is 628. The van der Waals surface area contributed by atoms with Gasteiger partial charge >= 0.3 is 0 Å². The molecule has 1 aliphatic heterocycles. The van der Waals surface area contributed by atoms with E-state index in [1.165, 1.54) is 17.7 Å². The fourth-order valence-corrected chi connectivity index (χ4v) is 4.72. The standard InChI is InChI=1S/C20H30N4OS.HI/c1-21-18(25)14-16-8-12-24(13-9-16)19(22-2)23-15-20(10-11-20)26-17-6-4-3-5-7-17;/h3-7,16H,8-15H2,1-2H3,(H,21,25)(H,22,23);1H. The van der Waals surface area contributed by atoms with Crippen LogP contribution in [0, 0.1) is 5.92 Å². The Labute approximate surface area is 184 Å². The minimum Gasteiger partial charge on any atom is -0.359 e. The van der Waals surface area contributed by atoms with Crippen molar-refractivity contribution in [3.05, 3.63) is 30.3 Å². The molecule has 5 nitrogen and oxygen atoms in total. The zero-order chi connectivity index (χ0) is 18.4. The molecular formula is C20H31IN4OS. The summed E-state index contributed by atoms with van der Waals surface area (Å²) < 4.78 is 0.314. The van der Waals surface area contributed by atoms with Gasteiger partial charge in [0.1, 0.15) is 0 Å². The molecule has 1 heterocycles. The molecule has 2 fully saturated rings. The smallest absolute Gasteiger partial charge is 0.220 e. The van der Waals surface area contributed by atoms with Crippen LogP contribution in [-0.4, -0.2) is 55.2 Å². The van der Waals surface area contributed by atoms with E-state index in [1.54, 1.807) is 7.05 Å². The summed E-state index contributed by atoms with van der Waals surface area (Å²) in [6.07, 6.45) is 5.26. The Hall–Kier alpha value is -0.960. The number of nitrogens with zero attached hydrogens (tertiary/aromatic N) is 2. The third-order valence-corrected chi connectivity index (χ3v) is 6.83. The van der Waals surface area contributed by atoms with Gasteiger partial charge in [-0.15, -0.1) is 35.7 Å².